The minimum Gasteiger partial charge on any atom is -0.480 e. The number of rotatable bonds is 3. The van der Waals surface area contributed by atoms with Crippen molar-refractivity contribution in [2.75, 3.05) is 19.6 Å². The van der Waals surface area contributed by atoms with E-state index in [4.69, 9.17) is 5.11 Å². The van der Waals surface area contributed by atoms with E-state index in [9.17, 15) is 14.7 Å². The summed E-state index contributed by atoms with van der Waals surface area (Å²) < 4.78 is 0. The molecule has 2 N–H and O–H groups in total. The largest absolute Gasteiger partial charge is 0.480 e. The molecule has 0 radical (unpaired) electrons. The van der Waals surface area contributed by atoms with Crippen LogP contribution in [0.1, 0.15) is 32.6 Å². The average molecular weight is 270 g/mol. The van der Waals surface area contributed by atoms with E-state index >= 15 is 0 Å². The zero-order valence-electron chi connectivity index (χ0n) is 11.3. The number of aliphatic carboxylic acids is 1. The number of urea groups is 1. The van der Waals surface area contributed by atoms with Crippen molar-refractivity contribution in [2.45, 2.75) is 44.8 Å². The fourth-order valence-corrected chi connectivity index (χ4v) is 3.09. The lowest BCUT2D eigenvalue weighted by Crippen LogP contribution is -2.47. The number of nitrogens with zero attached hydrogens (tertiary/aromatic N) is 2. The van der Waals surface area contributed by atoms with E-state index in [0.29, 0.717) is 19.0 Å². The molecule has 3 atom stereocenters. The summed E-state index contributed by atoms with van der Waals surface area (Å²) in [6.07, 6.45) is 2.61. The molecule has 6 heteroatoms. The van der Waals surface area contributed by atoms with Gasteiger partial charge in [0.2, 0.25) is 0 Å². The molecule has 0 aromatic rings. The van der Waals surface area contributed by atoms with Gasteiger partial charge in [-0.1, -0.05) is 13.3 Å². The summed E-state index contributed by atoms with van der Waals surface area (Å²) in [4.78, 5) is 26.5. The lowest BCUT2D eigenvalue weighted by atomic mass is 10.0. The number of carbonyl (C=O) groups is 2. The van der Waals surface area contributed by atoms with Gasteiger partial charge in [-0.15, -0.1) is 0 Å². The molecule has 108 valence electrons. The summed E-state index contributed by atoms with van der Waals surface area (Å²) in [6.45, 7) is 3.67. The Morgan fingerprint density at radius 2 is 2.05 bits per heavy atom. The predicted octanol–water partition coefficient (Wildman–Crippen LogP) is 0.748. The maximum absolute atomic E-state index is 12.3. The number of hydrogen-bond acceptors (Lipinski definition) is 3. The first-order valence-electron chi connectivity index (χ1n) is 6.99. The van der Waals surface area contributed by atoms with Gasteiger partial charge in [-0.3, -0.25) is 0 Å². The smallest absolute Gasteiger partial charge is 0.326 e. The first-order chi connectivity index (χ1) is 9.02. The second-order valence-corrected chi connectivity index (χ2v) is 5.57. The molecular weight excluding hydrogens is 248 g/mol. The highest BCUT2D eigenvalue weighted by molar-refractivity contribution is 5.83. The summed E-state index contributed by atoms with van der Waals surface area (Å²) in [5.74, 6) is -0.501. The van der Waals surface area contributed by atoms with Gasteiger partial charge >= 0.3 is 12.0 Å². The number of aliphatic hydroxyl groups excluding tert-OH is 1. The molecule has 0 aliphatic carbocycles. The number of carbonyl (C=O) groups excluding carboxylic acids is 1. The van der Waals surface area contributed by atoms with Crippen LogP contribution in [0.15, 0.2) is 0 Å². The topological polar surface area (TPSA) is 81.1 Å². The van der Waals surface area contributed by atoms with E-state index in [2.05, 4.69) is 6.92 Å². The Morgan fingerprint density at radius 3 is 2.68 bits per heavy atom. The molecule has 0 aromatic carbocycles. The lowest BCUT2D eigenvalue weighted by molar-refractivity contribution is -0.141. The van der Waals surface area contributed by atoms with Gasteiger partial charge in [0.25, 0.3) is 0 Å². The molecule has 3 unspecified atom stereocenters. The fraction of sp³-hybridized carbons (Fsp3) is 0.846. The highest BCUT2D eigenvalue weighted by atomic mass is 16.4. The SMILES string of the molecule is CCCC1CCN(C(=O)N2CC(O)CC2C(=O)O)C1. The van der Waals surface area contributed by atoms with Gasteiger partial charge in [0.1, 0.15) is 6.04 Å². The van der Waals surface area contributed by atoms with Gasteiger partial charge in [0, 0.05) is 26.1 Å². The molecule has 2 saturated heterocycles. The molecular formula is C13H22N2O4. The molecule has 2 aliphatic heterocycles. The number of carboxylic acids is 1. The Balaban J connectivity index is 1.97. The second-order valence-electron chi connectivity index (χ2n) is 5.57. The van der Waals surface area contributed by atoms with E-state index in [0.717, 1.165) is 19.3 Å². The van der Waals surface area contributed by atoms with Crippen molar-refractivity contribution in [3.8, 4) is 0 Å². The molecule has 0 aromatic heterocycles. The predicted molar refractivity (Wildman–Crippen MR) is 68.7 cm³/mol. The van der Waals surface area contributed by atoms with Gasteiger partial charge < -0.3 is 20.0 Å². The standard InChI is InChI=1S/C13H22N2O4/c1-2-3-9-4-5-14(7-9)13(19)15-8-10(16)6-11(15)12(17)18/h9-11,16H,2-8H2,1H3,(H,17,18). The van der Waals surface area contributed by atoms with Crippen molar-refractivity contribution in [3.63, 3.8) is 0 Å². The minimum atomic E-state index is -1.03. The Hall–Kier alpha value is -1.30. The van der Waals surface area contributed by atoms with E-state index in [1.807, 2.05) is 0 Å². The Labute approximate surface area is 113 Å². The Bertz CT molecular complexity index is 361. The number of aliphatic hydroxyl groups is 1. The molecule has 0 bridgehead atoms. The number of carboxylic acid groups (broad SMARTS) is 1. The quantitative estimate of drug-likeness (QED) is 0.793. The number of amides is 2. The van der Waals surface area contributed by atoms with Gasteiger partial charge in [-0.05, 0) is 18.8 Å². The average Bonchev–Trinajstić information content (AvgIpc) is 2.95. The van der Waals surface area contributed by atoms with Crippen LogP contribution in [0.3, 0.4) is 0 Å². The Kier molecular flexibility index (Phi) is 4.29. The zero-order valence-corrected chi connectivity index (χ0v) is 11.3. The summed E-state index contributed by atoms with van der Waals surface area (Å²) >= 11 is 0. The molecule has 2 amide bonds. The van der Waals surface area contributed by atoms with Crippen LogP contribution in [-0.2, 0) is 4.79 Å². The molecule has 2 rings (SSSR count). The van der Waals surface area contributed by atoms with Gasteiger partial charge in [0.15, 0.2) is 0 Å². The summed E-state index contributed by atoms with van der Waals surface area (Å²) in [5.41, 5.74) is 0. The monoisotopic (exact) mass is 270 g/mol. The van der Waals surface area contributed by atoms with Crippen LogP contribution in [0.4, 0.5) is 4.79 Å². The Morgan fingerprint density at radius 1 is 1.32 bits per heavy atom. The fourth-order valence-electron chi connectivity index (χ4n) is 3.09. The second kappa shape index (κ2) is 5.77. The third-order valence-electron chi connectivity index (χ3n) is 4.06. The minimum absolute atomic E-state index is 0.130. The van der Waals surface area contributed by atoms with Gasteiger partial charge in [-0.25, -0.2) is 9.59 Å². The molecule has 0 saturated carbocycles. The number of hydrogen-bond donors (Lipinski definition) is 2. The highest BCUT2D eigenvalue weighted by Gasteiger charge is 2.41. The number of likely N-dealkylation sites (tertiary alicyclic amines) is 2. The van der Waals surface area contributed by atoms with Crippen molar-refractivity contribution in [3.05, 3.63) is 0 Å². The zero-order chi connectivity index (χ0) is 14.0. The van der Waals surface area contributed by atoms with E-state index in [-0.39, 0.29) is 19.0 Å². The van der Waals surface area contributed by atoms with Crippen molar-refractivity contribution in [1.29, 1.82) is 0 Å². The first kappa shape index (κ1) is 14.1. The van der Waals surface area contributed by atoms with Crippen molar-refractivity contribution >= 4 is 12.0 Å². The van der Waals surface area contributed by atoms with Crippen LogP contribution in [0.25, 0.3) is 0 Å². The van der Waals surface area contributed by atoms with Gasteiger partial charge in [0.05, 0.1) is 6.10 Å². The van der Waals surface area contributed by atoms with Crippen molar-refractivity contribution < 1.29 is 19.8 Å². The number of β-amino-alcohol motifs (C(OH)–C–C–N with tert-alkyl or cyclic N) is 1. The van der Waals surface area contributed by atoms with Crippen LogP contribution in [0, 0.1) is 5.92 Å². The molecule has 2 aliphatic rings. The van der Waals surface area contributed by atoms with E-state index in [1.165, 1.54) is 4.90 Å². The van der Waals surface area contributed by atoms with E-state index < -0.39 is 18.1 Å². The van der Waals surface area contributed by atoms with Crippen LogP contribution < -0.4 is 0 Å². The van der Waals surface area contributed by atoms with Crippen molar-refractivity contribution in [1.82, 2.24) is 9.80 Å². The molecule has 19 heavy (non-hydrogen) atoms. The third-order valence-corrected chi connectivity index (χ3v) is 4.06. The summed E-state index contributed by atoms with van der Waals surface area (Å²) in [7, 11) is 0. The van der Waals surface area contributed by atoms with Crippen LogP contribution in [0.2, 0.25) is 0 Å². The van der Waals surface area contributed by atoms with Crippen LogP contribution >= 0.6 is 0 Å². The summed E-state index contributed by atoms with van der Waals surface area (Å²) in [5, 5.41) is 18.7. The van der Waals surface area contributed by atoms with Crippen molar-refractivity contribution in [2.24, 2.45) is 5.92 Å². The summed E-state index contributed by atoms with van der Waals surface area (Å²) in [6, 6.07) is -1.12. The lowest BCUT2D eigenvalue weighted by Gasteiger charge is -2.27. The maximum atomic E-state index is 12.3. The third kappa shape index (κ3) is 3.00. The molecule has 0 spiro atoms. The van der Waals surface area contributed by atoms with Crippen LogP contribution in [0.5, 0.6) is 0 Å². The molecule has 2 fully saturated rings. The molecule has 2 heterocycles. The first-order valence-corrected chi connectivity index (χ1v) is 6.99. The normalized spacial score (nSPS) is 30.9. The maximum Gasteiger partial charge on any atom is 0.326 e. The van der Waals surface area contributed by atoms with E-state index in [1.54, 1.807) is 4.90 Å². The molecule has 6 nitrogen and oxygen atoms in total. The highest BCUT2D eigenvalue weighted by Crippen LogP contribution is 2.25. The van der Waals surface area contributed by atoms with Crippen LogP contribution in [-0.4, -0.2) is 63.8 Å². The van der Waals surface area contributed by atoms with Gasteiger partial charge in [-0.2, -0.15) is 0 Å².